The summed E-state index contributed by atoms with van der Waals surface area (Å²) in [6.45, 7) is 4.11. The van der Waals surface area contributed by atoms with Crippen LogP contribution in [-0.4, -0.2) is 57.3 Å². The van der Waals surface area contributed by atoms with Gasteiger partial charge >= 0.3 is 0 Å². The SMILES string of the molecule is CCCCCCCCCCCCCC/C=C\CCCCCCCCCCCCCCC(O)C(=O)NC(CO)C(O)C(O)CCCCCCCCCCCCCCCCCCCCCCCCCCC. The second-order valence-corrected chi connectivity index (χ2v) is 22.1. The topological polar surface area (TPSA) is 110 Å². The van der Waals surface area contributed by atoms with Crippen molar-refractivity contribution in [2.24, 2.45) is 0 Å². The highest BCUT2D eigenvalue weighted by Crippen LogP contribution is 2.19. The van der Waals surface area contributed by atoms with E-state index in [0.717, 1.165) is 38.5 Å². The van der Waals surface area contributed by atoms with Gasteiger partial charge in [-0.15, -0.1) is 0 Å². The van der Waals surface area contributed by atoms with Gasteiger partial charge in [0.1, 0.15) is 12.2 Å². The van der Waals surface area contributed by atoms with Crippen molar-refractivity contribution in [3.63, 3.8) is 0 Å². The van der Waals surface area contributed by atoms with E-state index in [2.05, 4.69) is 31.3 Å². The monoisotopic (exact) mass is 976 g/mol. The van der Waals surface area contributed by atoms with Crippen LogP contribution in [0.3, 0.4) is 0 Å². The van der Waals surface area contributed by atoms with Crippen molar-refractivity contribution >= 4 is 5.91 Å². The van der Waals surface area contributed by atoms with E-state index >= 15 is 0 Å². The zero-order chi connectivity index (χ0) is 50.2. The van der Waals surface area contributed by atoms with Gasteiger partial charge in [0.25, 0.3) is 0 Å². The highest BCUT2D eigenvalue weighted by Gasteiger charge is 2.28. The molecule has 0 aromatic heterocycles. The fraction of sp³-hybridized carbons (Fsp3) is 0.952. The van der Waals surface area contributed by atoms with Gasteiger partial charge in [0, 0.05) is 0 Å². The second kappa shape index (κ2) is 57.9. The summed E-state index contributed by atoms with van der Waals surface area (Å²) in [5.74, 6) is -0.577. The number of amides is 1. The molecule has 4 atom stereocenters. The molecule has 1 amide bonds. The second-order valence-electron chi connectivity index (χ2n) is 22.1. The Morgan fingerprint density at radius 1 is 0.348 bits per heavy atom. The van der Waals surface area contributed by atoms with Crippen molar-refractivity contribution in [3.05, 3.63) is 12.2 Å². The van der Waals surface area contributed by atoms with Crippen molar-refractivity contribution in [1.29, 1.82) is 0 Å². The lowest BCUT2D eigenvalue weighted by Gasteiger charge is -2.27. The van der Waals surface area contributed by atoms with Gasteiger partial charge in [0.05, 0.1) is 18.8 Å². The first-order valence-electron chi connectivity index (χ1n) is 31.6. The molecule has 4 unspecified atom stereocenters. The maximum atomic E-state index is 12.6. The number of aliphatic hydroxyl groups is 4. The molecule has 0 aromatic carbocycles. The molecule has 0 saturated carbocycles. The molecule has 0 aliphatic rings. The summed E-state index contributed by atoms with van der Waals surface area (Å²) in [6.07, 6.45) is 70.2. The number of hydrogen-bond donors (Lipinski definition) is 5. The Morgan fingerprint density at radius 2 is 0.580 bits per heavy atom. The Hall–Kier alpha value is -0.950. The van der Waals surface area contributed by atoms with E-state index in [9.17, 15) is 25.2 Å². The molecule has 0 radical (unpaired) electrons. The molecule has 0 saturated heterocycles. The van der Waals surface area contributed by atoms with Gasteiger partial charge in [-0.3, -0.25) is 4.79 Å². The highest BCUT2D eigenvalue weighted by atomic mass is 16.3. The summed E-state index contributed by atoms with van der Waals surface area (Å²) in [6, 6.07) is -0.984. The molecule has 0 aliphatic carbocycles. The smallest absolute Gasteiger partial charge is 0.249 e. The fourth-order valence-corrected chi connectivity index (χ4v) is 10.3. The van der Waals surface area contributed by atoms with Gasteiger partial charge in [-0.2, -0.15) is 0 Å². The standard InChI is InChI=1S/C63H125NO5/c1-3-5-7-9-11-13-15-17-19-21-23-25-27-29-30-31-33-35-37-39-41-43-45-47-49-51-53-55-57-61(67)63(69)64-59(58-65)62(68)60(66)56-54-52-50-48-46-44-42-40-38-36-34-32-28-26-24-22-20-18-16-14-12-10-8-6-4-2/h29-30,59-62,65-68H,3-28,31-58H2,1-2H3,(H,64,69)/b30-29-. The first-order valence-corrected chi connectivity index (χ1v) is 31.6. The Kier molecular flexibility index (Phi) is 57.1. The predicted octanol–water partition coefficient (Wildman–Crippen LogP) is 18.8. The first-order chi connectivity index (χ1) is 34.0. The van der Waals surface area contributed by atoms with Crippen LogP contribution in [0, 0.1) is 0 Å². The quantitative estimate of drug-likeness (QED) is 0.0308. The van der Waals surface area contributed by atoms with E-state index < -0.39 is 36.9 Å². The van der Waals surface area contributed by atoms with Crippen molar-refractivity contribution in [2.45, 2.75) is 379 Å². The minimum Gasteiger partial charge on any atom is -0.394 e. The van der Waals surface area contributed by atoms with E-state index in [1.165, 1.54) is 289 Å². The molecular weight excluding hydrogens is 851 g/mol. The van der Waals surface area contributed by atoms with E-state index in [1.807, 2.05) is 0 Å². The van der Waals surface area contributed by atoms with Crippen LogP contribution in [0.4, 0.5) is 0 Å². The molecule has 0 aliphatic heterocycles. The minimum absolute atomic E-state index is 0.372. The summed E-state index contributed by atoms with van der Waals surface area (Å²) >= 11 is 0. The molecule has 0 heterocycles. The Labute approximate surface area is 432 Å². The largest absolute Gasteiger partial charge is 0.394 e. The third-order valence-electron chi connectivity index (χ3n) is 15.2. The summed E-state index contributed by atoms with van der Waals surface area (Å²) in [5, 5.41) is 44.2. The average Bonchev–Trinajstić information content (AvgIpc) is 3.35. The van der Waals surface area contributed by atoms with Crippen LogP contribution in [0.5, 0.6) is 0 Å². The van der Waals surface area contributed by atoms with Crippen molar-refractivity contribution < 1.29 is 25.2 Å². The van der Waals surface area contributed by atoms with E-state index in [1.54, 1.807) is 0 Å². The van der Waals surface area contributed by atoms with Crippen LogP contribution < -0.4 is 5.32 Å². The molecule has 412 valence electrons. The minimum atomic E-state index is -1.26. The average molecular weight is 977 g/mol. The van der Waals surface area contributed by atoms with Gasteiger partial charge < -0.3 is 25.7 Å². The molecule has 0 bridgehead atoms. The molecular formula is C63H125NO5. The number of rotatable bonds is 59. The molecule has 0 fully saturated rings. The Morgan fingerprint density at radius 3 is 0.841 bits per heavy atom. The third-order valence-corrected chi connectivity index (χ3v) is 15.2. The van der Waals surface area contributed by atoms with Crippen LogP contribution in [0.25, 0.3) is 0 Å². The summed E-state index contributed by atoms with van der Waals surface area (Å²) < 4.78 is 0. The van der Waals surface area contributed by atoms with Crippen LogP contribution >= 0.6 is 0 Å². The van der Waals surface area contributed by atoms with Crippen LogP contribution in [0.2, 0.25) is 0 Å². The summed E-state index contributed by atoms with van der Waals surface area (Å²) in [5.41, 5.74) is 0. The van der Waals surface area contributed by atoms with Crippen molar-refractivity contribution in [3.8, 4) is 0 Å². The zero-order valence-electron chi connectivity index (χ0n) is 46.8. The van der Waals surface area contributed by atoms with Gasteiger partial charge in [-0.1, -0.05) is 328 Å². The lowest BCUT2D eigenvalue weighted by atomic mass is 9.99. The number of carbonyl (C=O) groups is 1. The molecule has 0 spiro atoms. The highest BCUT2D eigenvalue weighted by molar-refractivity contribution is 5.80. The van der Waals surface area contributed by atoms with Gasteiger partial charge in [0.15, 0.2) is 0 Å². The zero-order valence-corrected chi connectivity index (χ0v) is 46.8. The van der Waals surface area contributed by atoms with Crippen molar-refractivity contribution in [1.82, 2.24) is 5.32 Å². The number of allylic oxidation sites excluding steroid dienone is 2. The third kappa shape index (κ3) is 51.7. The van der Waals surface area contributed by atoms with Crippen LogP contribution in [-0.2, 0) is 4.79 Å². The molecule has 69 heavy (non-hydrogen) atoms. The molecule has 0 rings (SSSR count). The van der Waals surface area contributed by atoms with E-state index in [-0.39, 0.29) is 0 Å². The maximum absolute atomic E-state index is 12.6. The summed E-state index contributed by atoms with van der Waals surface area (Å²) in [4.78, 5) is 12.6. The van der Waals surface area contributed by atoms with Gasteiger partial charge in [-0.05, 0) is 38.5 Å². The Balaban J connectivity index is 3.56. The number of hydrogen-bond acceptors (Lipinski definition) is 5. The lowest BCUT2D eigenvalue weighted by Crippen LogP contribution is -2.53. The normalized spacial score (nSPS) is 13.7. The number of aliphatic hydroxyl groups excluding tert-OH is 4. The molecule has 5 N–H and O–H groups in total. The molecule has 0 aromatic rings. The lowest BCUT2D eigenvalue weighted by molar-refractivity contribution is -0.132. The number of unbranched alkanes of at least 4 members (excludes halogenated alkanes) is 48. The maximum Gasteiger partial charge on any atom is 0.249 e. The predicted molar refractivity (Wildman–Crippen MR) is 302 cm³/mol. The van der Waals surface area contributed by atoms with Gasteiger partial charge in [-0.25, -0.2) is 0 Å². The molecule has 6 heteroatoms. The van der Waals surface area contributed by atoms with E-state index in [0.29, 0.717) is 12.8 Å². The van der Waals surface area contributed by atoms with Crippen LogP contribution in [0.1, 0.15) is 354 Å². The van der Waals surface area contributed by atoms with Crippen LogP contribution in [0.15, 0.2) is 12.2 Å². The van der Waals surface area contributed by atoms with E-state index in [4.69, 9.17) is 0 Å². The Bertz CT molecular complexity index is 1010. The first kappa shape index (κ1) is 68.0. The number of nitrogens with one attached hydrogen (secondary N) is 1. The number of carbonyl (C=O) groups excluding carboxylic acids is 1. The molecule has 6 nitrogen and oxygen atoms in total. The van der Waals surface area contributed by atoms with Gasteiger partial charge in [0.2, 0.25) is 5.91 Å². The van der Waals surface area contributed by atoms with Crippen molar-refractivity contribution in [2.75, 3.05) is 6.61 Å². The fourth-order valence-electron chi connectivity index (χ4n) is 10.3. The summed E-state index contributed by atoms with van der Waals surface area (Å²) in [7, 11) is 0.